The van der Waals surface area contributed by atoms with Crippen LogP contribution in [0.4, 0.5) is 16.2 Å². The monoisotopic (exact) mass is 512 g/mol. The van der Waals surface area contributed by atoms with E-state index in [1.54, 1.807) is 35.0 Å². The molecule has 4 rings (SSSR count). The molecule has 0 spiro atoms. The van der Waals surface area contributed by atoms with Crippen molar-refractivity contribution >= 4 is 23.3 Å². The van der Waals surface area contributed by atoms with Crippen molar-refractivity contribution in [2.24, 2.45) is 5.92 Å². The number of amides is 3. The van der Waals surface area contributed by atoms with Crippen LogP contribution in [0.15, 0.2) is 36.4 Å². The molecule has 2 aliphatic rings. The zero-order chi connectivity index (χ0) is 26.7. The number of aliphatic hydroxyl groups is 1. The van der Waals surface area contributed by atoms with Crippen molar-refractivity contribution in [1.29, 1.82) is 0 Å². The molecule has 0 unspecified atom stereocenters. The molecule has 2 aromatic rings. The lowest BCUT2D eigenvalue weighted by Crippen LogP contribution is -2.48. The fraction of sp³-hybridized carbons (Fsp3) is 0.481. The summed E-state index contributed by atoms with van der Waals surface area (Å²) in [5.74, 6) is 1.68. The molecule has 0 saturated carbocycles. The molecule has 3 amide bonds. The van der Waals surface area contributed by atoms with Crippen LogP contribution in [-0.2, 0) is 11.2 Å². The first-order chi connectivity index (χ1) is 17.7. The number of ether oxygens (including phenoxy) is 3. The molecule has 10 nitrogen and oxygen atoms in total. The van der Waals surface area contributed by atoms with Crippen LogP contribution in [0, 0.1) is 5.92 Å². The second-order valence-electron chi connectivity index (χ2n) is 9.95. The van der Waals surface area contributed by atoms with E-state index in [2.05, 4.69) is 5.32 Å². The molecular formula is C27H36N4O6. The summed E-state index contributed by atoms with van der Waals surface area (Å²) in [5, 5.41) is 12.7. The number of carbonyl (C=O) groups excluding carboxylic acids is 2. The highest BCUT2D eigenvalue weighted by molar-refractivity contribution is 5.89. The first-order valence-corrected chi connectivity index (χ1v) is 12.4. The minimum Gasteiger partial charge on any atom is -0.488 e. The number of hydrogen-bond acceptors (Lipinski definition) is 7. The van der Waals surface area contributed by atoms with Gasteiger partial charge in [0.1, 0.15) is 11.9 Å². The number of likely N-dealkylation sites (N-methyl/N-ethyl adjacent to an activating group) is 1. The Kier molecular flexibility index (Phi) is 7.97. The Labute approximate surface area is 217 Å². The first-order valence-electron chi connectivity index (χ1n) is 12.4. The van der Waals surface area contributed by atoms with Crippen LogP contribution in [0.5, 0.6) is 17.2 Å². The predicted octanol–water partition coefficient (Wildman–Crippen LogP) is 2.79. The van der Waals surface area contributed by atoms with E-state index in [1.165, 1.54) is 0 Å². The van der Waals surface area contributed by atoms with E-state index in [0.717, 1.165) is 11.3 Å². The van der Waals surface area contributed by atoms with Crippen molar-refractivity contribution in [2.45, 2.75) is 32.4 Å². The van der Waals surface area contributed by atoms with Crippen molar-refractivity contribution in [3.63, 3.8) is 0 Å². The molecule has 3 atom stereocenters. The van der Waals surface area contributed by atoms with Gasteiger partial charge in [-0.25, -0.2) is 4.79 Å². The van der Waals surface area contributed by atoms with E-state index in [1.807, 2.05) is 51.0 Å². The van der Waals surface area contributed by atoms with Crippen molar-refractivity contribution in [3.05, 3.63) is 42.0 Å². The molecule has 0 fully saturated rings. The highest BCUT2D eigenvalue weighted by Crippen LogP contribution is 2.34. The lowest BCUT2D eigenvalue weighted by atomic mass is 10.0. The van der Waals surface area contributed by atoms with Gasteiger partial charge in [0.2, 0.25) is 12.7 Å². The quantitative estimate of drug-likeness (QED) is 0.614. The number of hydrogen-bond donors (Lipinski definition) is 2. The molecule has 2 aromatic carbocycles. The summed E-state index contributed by atoms with van der Waals surface area (Å²) in [5.41, 5.74) is 2.33. The van der Waals surface area contributed by atoms with Crippen LogP contribution in [0.1, 0.15) is 19.4 Å². The molecule has 10 heteroatoms. The van der Waals surface area contributed by atoms with Gasteiger partial charge in [-0.2, -0.15) is 0 Å². The maximum atomic E-state index is 13.3. The van der Waals surface area contributed by atoms with Gasteiger partial charge >= 0.3 is 6.03 Å². The summed E-state index contributed by atoms with van der Waals surface area (Å²) in [6.45, 7) is 4.56. The number of benzene rings is 2. The SMILES string of the molecule is C[C@@H]1CN([C@H](C)CO)C(=O)Cc2cc(N(C)C)ccc2O[C@H]1CN(C)C(=O)Nc1ccc2c(c1)OCO2. The van der Waals surface area contributed by atoms with Crippen LogP contribution in [0.2, 0.25) is 0 Å². The third-order valence-corrected chi connectivity index (χ3v) is 6.84. The minimum absolute atomic E-state index is 0.0660. The van der Waals surface area contributed by atoms with Gasteiger partial charge in [0.05, 0.1) is 25.6 Å². The summed E-state index contributed by atoms with van der Waals surface area (Å²) in [7, 11) is 5.59. The Morgan fingerprint density at radius 3 is 2.59 bits per heavy atom. The molecule has 0 bridgehead atoms. The normalized spacial score (nSPS) is 19.6. The van der Waals surface area contributed by atoms with Gasteiger partial charge in [0.15, 0.2) is 11.5 Å². The molecule has 0 aromatic heterocycles. The van der Waals surface area contributed by atoms with Crippen LogP contribution in [0.3, 0.4) is 0 Å². The van der Waals surface area contributed by atoms with Gasteiger partial charge in [0, 0.05) is 56.6 Å². The Morgan fingerprint density at radius 2 is 1.86 bits per heavy atom. The fourth-order valence-corrected chi connectivity index (χ4v) is 4.46. The van der Waals surface area contributed by atoms with E-state index < -0.39 is 6.10 Å². The second kappa shape index (κ2) is 11.2. The van der Waals surface area contributed by atoms with Crippen molar-refractivity contribution < 1.29 is 28.9 Å². The van der Waals surface area contributed by atoms with Crippen LogP contribution in [0.25, 0.3) is 0 Å². The molecule has 0 aliphatic carbocycles. The van der Waals surface area contributed by atoms with E-state index in [9.17, 15) is 14.7 Å². The van der Waals surface area contributed by atoms with Crippen molar-refractivity contribution in [2.75, 3.05) is 57.8 Å². The molecule has 37 heavy (non-hydrogen) atoms. The van der Waals surface area contributed by atoms with Gasteiger partial charge < -0.3 is 39.3 Å². The fourth-order valence-electron chi connectivity index (χ4n) is 4.46. The smallest absolute Gasteiger partial charge is 0.321 e. The van der Waals surface area contributed by atoms with E-state index in [4.69, 9.17) is 14.2 Å². The third-order valence-electron chi connectivity index (χ3n) is 6.84. The zero-order valence-electron chi connectivity index (χ0n) is 22.1. The number of carbonyl (C=O) groups is 2. The zero-order valence-corrected chi connectivity index (χ0v) is 22.1. The van der Waals surface area contributed by atoms with Gasteiger partial charge in [0.25, 0.3) is 0 Å². The van der Waals surface area contributed by atoms with Gasteiger partial charge in [-0.3, -0.25) is 4.79 Å². The lowest BCUT2D eigenvalue weighted by Gasteiger charge is -2.34. The number of nitrogens with one attached hydrogen (secondary N) is 1. The minimum atomic E-state index is -0.393. The molecule has 200 valence electrons. The van der Waals surface area contributed by atoms with E-state index in [0.29, 0.717) is 36.0 Å². The number of rotatable bonds is 6. The maximum Gasteiger partial charge on any atom is 0.321 e. The Morgan fingerprint density at radius 1 is 1.14 bits per heavy atom. The van der Waals surface area contributed by atoms with Crippen molar-refractivity contribution in [3.8, 4) is 17.2 Å². The summed E-state index contributed by atoms with van der Waals surface area (Å²) in [4.78, 5) is 31.6. The topological polar surface area (TPSA) is 104 Å². The largest absolute Gasteiger partial charge is 0.488 e. The van der Waals surface area contributed by atoms with E-state index >= 15 is 0 Å². The number of nitrogens with zero attached hydrogens (tertiary/aromatic N) is 3. The second-order valence-corrected chi connectivity index (χ2v) is 9.95. The molecule has 2 aliphatic heterocycles. The van der Waals surface area contributed by atoms with Gasteiger partial charge in [-0.05, 0) is 37.3 Å². The van der Waals surface area contributed by atoms with Crippen LogP contribution >= 0.6 is 0 Å². The summed E-state index contributed by atoms with van der Waals surface area (Å²) in [6, 6.07) is 10.4. The molecule has 2 heterocycles. The number of urea groups is 1. The summed E-state index contributed by atoms with van der Waals surface area (Å²) >= 11 is 0. The summed E-state index contributed by atoms with van der Waals surface area (Å²) < 4.78 is 17.2. The average Bonchev–Trinajstić information content (AvgIpc) is 3.35. The Balaban J connectivity index is 1.55. The number of aliphatic hydroxyl groups excluding tert-OH is 1. The van der Waals surface area contributed by atoms with E-state index in [-0.39, 0.29) is 43.7 Å². The maximum absolute atomic E-state index is 13.3. The Bertz CT molecular complexity index is 1140. The van der Waals surface area contributed by atoms with Gasteiger partial charge in [-0.1, -0.05) is 6.92 Å². The Hall–Kier alpha value is -3.66. The van der Waals surface area contributed by atoms with Crippen LogP contribution < -0.4 is 24.4 Å². The molecule has 0 radical (unpaired) electrons. The van der Waals surface area contributed by atoms with Crippen LogP contribution in [-0.4, -0.2) is 86.6 Å². The highest BCUT2D eigenvalue weighted by atomic mass is 16.7. The summed E-state index contributed by atoms with van der Waals surface area (Å²) in [6.07, 6.45) is -0.225. The first kappa shape index (κ1) is 26.4. The highest BCUT2D eigenvalue weighted by Gasteiger charge is 2.32. The number of fused-ring (bicyclic) bond motifs is 2. The molecule has 0 saturated heterocycles. The average molecular weight is 513 g/mol. The molecule has 2 N–H and O–H groups in total. The lowest BCUT2D eigenvalue weighted by molar-refractivity contribution is -0.134. The van der Waals surface area contributed by atoms with Gasteiger partial charge in [-0.15, -0.1) is 0 Å². The number of anilines is 2. The standard InChI is InChI=1S/C27H36N4O6/c1-17-13-31(18(2)15-32)26(33)11-19-10-21(29(3)4)7-9-22(19)37-25(17)14-30(5)27(34)28-20-6-8-23-24(12-20)36-16-35-23/h6-10,12,17-18,25,32H,11,13-16H2,1-5H3,(H,28,34)/t17-,18-,25+/m1/s1. The predicted molar refractivity (Wildman–Crippen MR) is 141 cm³/mol. The third kappa shape index (κ3) is 6.02. The van der Waals surface area contributed by atoms with Crippen molar-refractivity contribution in [1.82, 2.24) is 9.80 Å². The molecular weight excluding hydrogens is 476 g/mol.